The van der Waals surface area contributed by atoms with Gasteiger partial charge in [0.1, 0.15) is 12.4 Å². The van der Waals surface area contributed by atoms with Crippen molar-refractivity contribution in [2.75, 3.05) is 5.32 Å². The lowest BCUT2D eigenvalue weighted by Crippen LogP contribution is -2.29. The molecule has 21 heavy (non-hydrogen) atoms. The summed E-state index contributed by atoms with van der Waals surface area (Å²) in [7, 11) is 0. The molecular weight excluding hydrogens is 268 g/mol. The molecule has 0 saturated heterocycles. The molecule has 0 aliphatic carbocycles. The van der Waals surface area contributed by atoms with Gasteiger partial charge in [0.2, 0.25) is 5.91 Å². The van der Waals surface area contributed by atoms with E-state index in [1.165, 1.54) is 0 Å². The Hall–Kier alpha value is -3.02. The predicted octanol–water partition coefficient (Wildman–Crippen LogP) is 1.43. The molecule has 0 aliphatic heterocycles. The van der Waals surface area contributed by atoms with E-state index in [2.05, 4.69) is 15.4 Å². The lowest BCUT2D eigenvalue weighted by molar-refractivity contribution is -0.117. The Bertz CT molecular complexity index is 843. The molecule has 6 nitrogen and oxygen atoms in total. The third kappa shape index (κ3) is 2.79. The summed E-state index contributed by atoms with van der Waals surface area (Å²) >= 11 is 0. The zero-order valence-electron chi connectivity index (χ0n) is 11.1. The van der Waals surface area contributed by atoms with E-state index >= 15 is 0 Å². The molecule has 2 aromatic heterocycles. The van der Waals surface area contributed by atoms with Crippen LogP contribution in [0.3, 0.4) is 0 Å². The van der Waals surface area contributed by atoms with Crippen molar-refractivity contribution in [3.63, 3.8) is 0 Å². The number of anilines is 1. The molecule has 0 fully saturated rings. The minimum absolute atomic E-state index is 0.153. The highest BCUT2D eigenvalue weighted by molar-refractivity contribution is 5.89. The number of aromatic nitrogens is 3. The molecule has 0 saturated carbocycles. The predicted molar refractivity (Wildman–Crippen MR) is 78.9 cm³/mol. The van der Waals surface area contributed by atoms with Gasteiger partial charge in [-0.15, -0.1) is 0 Å². The summed E-state index contributed by atoms with van der Waals surface area (Å²) in [5.74, 6) is 0.0925. The Labute approximate surface area is 120 Å². The molecule has 1 aromatic carbocycles. The highest BCUT2D eigenvalue weighted by atomic mass is 16.2. The van der Waals surface area contributed by atoms with Crippen molar-refractivity contribution in [2.45, 2.75) is 6.54 Å². The third-order valence-corrected chi connectivity index (χ3v) is 2.99. The average molecular weight is 280 g/mol. The molecule has 6 heteroatoms. The van der Waals surface area contributed by atoms with Crippen molar-refractivity contribution >= 4 is 22.5 Å². The number of rotatable bonds is 3. The molecule has 0 radical (unpaired) electrons. The number of pyridine rings is 1. The second-order valence-electron chi connectivity index (χ2n) is 4.46. The van der Waals surface area contributed by atoms with E-state index in [0.29, 0.717) is 11.2 Å². The Kier molecular flexibility index (Phi) is 3.42. The van der Waals surface area contributed by atoms with Gasteiger partial charge in [-0.1, -0.05) is 24.3 Å². The first-order valence-corrected chi connectivity index (χ1v) is 6.40. The maximum atomic E-state index is 12.2. The molecule has 0 unspecified atom stereocenters. The van der Waals surface area contributed by atoms with Crippen LogP contribution in [-0.4, -0.2) is 20.7 Å². The minimum atomic E-state index is -0.349. The topological polar surface area (TPSA) is 76.9 Å². The van der Waals surface area contributed by atoms with Gasteiger partial charge in [0.25, 0.3) is 5.56 Å². The first-order chi connectivity index (χ1) is 10.2. The number of amides is 1. The van der Waals surface area contributed by atoms with Crippen LogP contribution in [0.4, 0.5) is 5.82 Å². The highest BCUT2D eigenvalue weighted by Crippen LogP contribution is 2.06. The Morgan fingerprint density at radius 2 is 1.95 bits per heavy atom. The molecule has 3 aromatic rings. The summed E-state index contributed by atoms with van der Waals surface area (Å²) in [5.41, 5.74) is -0.288. The summed E-state index contributed by atoms with van der Waals surface area (Å²) in [6.45, 7) is -0.153. The molecule has 0 spiro atoms. The van der Waals surface area contributed by atoms with Gasteiger partial charge in [0, 0.05) is 11.6 Å². The Balaban J connectivity index is 1.83. The summed E-state index contributed by atoms with van der Waals surface area (Å²) in [6, 6.07) is 12.3. The standard InChI is InChI=1S/C15H12N4O2/c20-14(18-13-7-3-4-8-16-13)10-19-15(21)12-6-2-1-5-11(12)9-17-19/h1-9H,10H2,(H,16,18,20). The molecule has 104 valence electrons. The van der Waals surface area contributed by atoms with E-state index < -0.39 is 0 Å². The maximum Gasteiger partial charge on any atom is 0.275 e. The Morgan fingerprint density at radius 3 is 2.76 bits per heavy atom. The van der Waals surface area contributed by atoms with Crippen LogP contribution in [0.1, 0.15) is 0 Å². The lowest BCUT2D eigenvalue weighted by atomic mass is 10.2. The fraction of sp³-hybridized carbons (Fsp3) is 0.0667. The van der Waals surface area contributed by atoms with Gasteiger partial charge >= 0.3 is 0 Å². The monoisotopic (exact) mass is 280 g/mol. The van der Waals surface area contributed by atoms with Crippen LogP contribution >= 0.6 is 0 Å². The number of benzene rings is 1. The molecule has 1 amide bonds. The smallest absolute Gasteiger partial charge is 0.275 e. The summed E-state index contributed by atoms with van der Waals surface area (Å²) < 4.78 is 1.14. The normalized spacial score (nSPS) is 10.5. The van der Waals surface area contributed by atoms with Crippen LogP contribution in [0.2, 0.25) is 0 Å². The van der Waals surface area contributed by atoms with Crippen molar-refractivity contribution in [3.05, 3.63) is 65.2 Å². The minimum Gasteiger partial charge on any atom is -0.309 e. The van der Waals surface area contributed by atoms with E-state index in [9.17, 15) is 9.59 Å². The number of carbonyl (C=O) groups excluding carboxylic acids is 1. The van der Waals surface area contributed by atoms with Crippen LogP contribution in [0.15, 0.2) is 59.7 Å². The third-order valence-electron chi connectivity index (χ3n) is 2.99. The van der Waals surface area contributed by atoms with Gasteiger partial charge < -0.3 is 5.32 Å². The van der Waals surface area contributed by atoms with Crippen molar-refractivity contribution in [2.24, 2.45) is 0 Å². The van der Waals surface area contributed by atoms with Crippen LogP contribution in [-0.2, 0) is 11.3 Å². The summed E-state index contributed by atoms with van der Waals surface area (Å²) in [6.07, 6.45) is 3.15. The number of hydrogen-bond donors (Lipinski definition) is 1. The van der Waals surface area contributed by atoms with E-state index in [1.54, 1.807) is 42.7 Å². The maximum absolute atomic E-state index is 12.2. The SMILES string of the molecule is O=C(Cn1ncc2ccccc2c1=O)Nc1ccccn1. The van der Waals surface area contributed by atoms with Crippen LogP contribution in [0.5, 0.6) is 0 Å². The molecule has 0 aliphatic rings. The fourth-order valence-corrected chi connectivity index (χ4v) is 2.00. The van der Waals surface area contributed by atoms with Gasteiger partial charge in [0.05, 0.1) is 11.6 Å². The van der Waals surface area contributed by atoms with Gasteiger partial charge in [-0.3, -0.25) is 9.59 Å². The van der Waals surface area contributed by atoms with E-state index in [1.807, 2.05) is 12.1 Å². The lowest BCUT2D eigenvalue weighted by Gasteiger charge is -2.06. The number of nitrogens with one attached hydrogen (secondary N) is 1. The zero-order valence-corrected chi connectivity index (χ0v) is 11.1. The molecule has 2 heterocycles. The van der Waals surface area contributed by atoms with Crippen LogP contribution in [0, 0.1) is 0 Å². The van der Waals surface area contributed by atoms with Crippen molar-refractivity contribution in [1.29, 1.82) is 0 Å². The van der Waals surface area contributed by atoms with Gasteiger partial charge in [-0.2, -0.15) is 5.10 Å². The number of nitrogens with zero attached hydrogens (tertiary/aromatic N) is 3. The van der Waals surface area contributed by atoms with E-state index in [4.69, 9.17) is 0 Å². The quantitative estimate of drug-likeness (QED) is 0.787. The van der Waals surface area contributed by atoms with Gasteiger partial charge in [0.15, 0.2) is 0 Å². The van der Waals surface area contributed by atoms with Gasteiger partial charge in [-0.05, 0) is 18.2 Å². The highest BCUT2D eigenvalue weighted by Gasteiger charge is 2.08. The fourth-order valence-electron chi connectivity index (χ4n) is 2.00. The number of carbonyl (C=O) groups is 1. The van der Waals surface area contributed by atoms with Crippen LogP contribution in [0.25, 0.3) is 10.8 Å². The average Bonchev–Trinajstić information content (AvgIpc) is 2.51. The molecule has 1 N–H and O–H groups in total. The van der Waals surface area contributed by atoms with Gasteiger partial charge in [-0.25, -0.2) is 9.67 Å². The molecule has 3 rings (SSSR count). The second kappa shape index (κ2) is 5.54. The first-order valence-electron chi connectivity index (χ1n) is 6.40. The van der Waals surface area contributed by atoms with Crippen molar-refractivity contribution in [3.8, 4) is 0 Å². The van der Waals surface area contributed by atoms with Crippen molar-refractivity contribution < 1.29 is 4.79 Å². The summed E-state index contributed by atoms with van der Waals surface area (Å²) in [5, 5.41) is 7.92. The van der Waals surface area contributed by atoms with E-state index in [0.717, 1.165) is 10.1 Å². The van der Waals surface area contributed by atoms with E-state index in [-0.39, 0.29) is 18.0 Å². The first kappa shape index (κ1) is 13.0. The number of fused-ring (bicyclic) bond motifs is 1. The molecular formula is C15H12N4O2. The zero-order chi connectivity index (χ0) is 14.7. The second-order valence-corrected chi connectivity index (χ2v) is 4.46. The number of hydrogen-bond acceptors (Lipinski definition) is 4. The summed E-state index contributed by atoms with van der Waals surface area (Å²) in [4.78, 5) is 28.1. The Morgan fingerprint density at radius 1 is 1.14 bits per heavy atom. The largest absolute Gasteiger partial charge is 0.309 e. The van der Waals surface area contributed by atoms with Crippen LogP contribution < -0.4 is 10.9 Å². The van der Waals surface area contributed by atoms with Crippen molar-refractivity contribution in [1.82, 2.24) is 14.8 Å². The molecule has 0 atom stereocenters. The molecule has 0 bridgehead atoms.